The molecule has 0 aromatic carbocycles. The van der Waals surface area contributed by atoms with Crippen LogP contribution in [0.4, 0.5) is 23.1 Å². The Bertz CT molecular complexity index is 1180. The minimum absolute atomic E-state index is 0.357. The van der Waals surface area contributed by atoms with Crippen LogP contribution in [-0.4, -0.2) is 64.4 Å². The molecule has 0 unspecified atom stereocenters. The van der Waals surface area contributed by atoms with Crippen LogP contribution in [-0.2, 0) is 11.8 Å². The first kappa shape index (κ1) is 21.1. The number of nitrogens with zero attached hydrogens (tertiary/aromatic N) is 5. The van der Waals surface area contributed by atoms with Crippen molar-refractivity contribution in [2.75, 3.05) is 43.3 Å². The number of aryl methyl sites for hydroxylation is 1. The van der Waals surface area contributed by atoms with Crippen molar-refractivity contribution in [1.29, 1.82) is 5.41 Å². The second-order valence-corrected chi connectivity index (χ2v) is 8.54. The van der Waals surface area contributed by atoms with Crippen molar-refractivity contribution >= 4 is 29.4 Å². The summed E-state index contributed by atoms with van der Waals surface area (Å²) in [7, 11) is 5.20. The van der Waals surface area contributed by atoms with E-state index in [-0.39, 0.29) is 0 Å². The zero-order chi connectivity index (χ0) is 23.0. The number of hydrogen-bond acceptors (Lipinski definition) is 10. The smallest absolute Gasteiger partial charge is 0.216 e. The van der Waals surface area contributed by atoms with E-state index >= 15 is 0 Å². The number of aromatic nitrogens is 5. The van der Waals surface area contributed by atoms with Crippen LogP contribution in [0.3, 0.4) is 0 Å². The number of ether oxygens (including phenoxy) is 2. The molecule has 33 heavy (non-hydrogen) atoms. The van der Waals surface area contributed by atoms with Gasteiger partial charge in [0.05, 0.1) is 31.6 Å². The van der Waals surface area contributed by atoms with Crippen LogP contribution in [0.15, 0.2) is 24.4 Å². The van der Waals surface area contributed by atoms with Gasteiger partial charge in [0.15, 0.2) is 5.82 Å². The van der Waals surface area contributed by atoms with E-state index in [0.29, 0.717) is 40.5 Å². The van der Waals surface area contributed by atoms with Crippen LogP contribution in [0, 0.1) is 10.8 Å². The average Bonchev–Trinajstić information content (AvgIpc) is 3.14. The van der Waals surface area contributed by atoms with Gasteiger partial charge < -0.3 is 30.8 Å². The van der Waals surface area contributed by atoms with Gasteiger partial charge in [0, 0.05) is 56.2 Å². The van der Waals surface area contributed by atoms with Gasteiger partial charge in [-0.05, 0) is 12.8 Å². The van der Waals surface area contributed by atoms with Crippen molar-refractivity contribution in [1.82, 2.24) is 24.7 Å². The van der Waals surface area contributed by atoms with E-state index in [1.54, 1.807) is 31.1 Å². The summed E-state index contributed by atoms with van der Waals surface area (Å²) in [5.74, 6) is 2.94. The molecule has 0 bridgehead atoms. The van der Waals surface area contributed by atoms with E-state index in [9.17, 15) is 0 Å². The first-order valence-electron chi connectivity index (χ1n) is 10.8. The van der Waals surface area contributed by atoms with Gasteiger partial charge in [-0.25, -0.2) is 9.97 Å². The van der Waals surface area contributed by atoms with Crippen molar-refractivity contribution in [3.05, 3.63) is 30.0 Å². The maximum Gasteiger partial charge on any atom is 0.216 e. The molecule has 3 aromatic heterocycles. The summed E-state index contributed by atoms with van der Waals surface area (Å²) in [6.45, 7) is 1.71. The molecule has 5 rings (SSSR count). The summed E-state index contributed by atoms with van der Waals surface area (Å²) in [5, 5.41) is 22.5. The Morgan fingerprint density at radius 2 is 2.09 bits per heavy atom. The van der Waals surface area contributed by atoms with Gasteiger partial charge in [-0.15, -0.1) is 0 Å². The van der Waals surface area contributed by atoms with Gasteiger partial charge in [0.1, 0.15) is 23.1 Å². The highest BCUT2D eigenvalue weighted by atomic mass is 16.5. The van der Waals surface area contributed by atoms with E-state index in [0.717, 1.165) is 43.1 Å². The minimum atomic E-state index is 0.357. The first-order chi connectivity index (χ1) is 16.0. The van der Waals surface area contributed by atoms with Crippen molar-refractivity contribution in [3.8, 4) is 17.4 Å². The topological polar surface area (TPSA) is 135 Å². The molecular formula is C22H27N9O2. The average molecular weight is 450 g/mol. The van der Waals surface area contributed by atoms with Crippen molar-refractivity contribution < 1.29 is 9.47 Å². The molecule has 172 valence electrons. The number of nitrogens with one attached hydrogen (secondary N) is 4. The predicted molar refractivity (Wildman–Crippen MR) is 126 cm³/mol. The van der Waals surface area contributed by atoms with Gasteiger partial charge in [-0.1, -0.05) is 0 Å². The maximum absolute atomic E-state index is 7.91. The van der Waals surface area contributed by atoms with Crippen LogP contribution >= 0.6 is 0 Å². The number of methoxy groups -OCH3 is 1. The highest BCUT2D eigenvalue weighted by Gasteiger charge is 2.49. The Balaban J connectivity index is 1.40. The lowest BCUT2D eigenvalue weighted by Gasteiger charge is -2.53. The lowest BCUT2D eigenvalue weighted by atomic mass is 9.64. The summed E-state index contributed by atoms with van der Waals surface area (Å²) >= 11 is 0. The van der Waals surface area contributed by atoms with E-state index in [4.69, 9.17) is 14.9 Å². The van der Waals surface area contributed by atoms with Crippen molar-refractivity contribution in [2.24, 2.45) is 12.5 Å². The van der Waals surface area contributed by atoms with Crippen molar-refractivity contribution in [3.63, 3.8) is 0 Å². The van der Waals surface area contributed by atoms with Gasteiger partial charge in [-0.3, -0.25) is 4.68 Å². The van der Waals surface area contributed by atoms with Crippen LogP contribution in [0.5, 0.6) is 5.88 Å². The lowest BCUT2D eigenvalue weighted by Crippen LogP contribution is -2.56. The summed E-state index contributed by atoms with van der Waals surface area (Å²) < 4.78 is 12.3. The molecule has 11 nitrogen and oxygen atoms in total. The second-order valence-electron chi connectivity index (χ2n) is 8.54. The minimum Gasteiger partial charge on any atom is -0.481 e. The van der Waals surface area contributed by atoms with E-state index in [1.807, 2.05) is 19.2 Å². The van der Waals surface area contributed by atoms with Gasteiger partial charge in [0.2, 0.25) is 5.88 Å². The zero-order valence-corrected chi connectivity index (χ0v) is 18.8. The highest BCUT2D eigenvalue weighted by Crippen LogP contribution is 2.48. The molecule has 4 N–H and O–H groups in total. The third kappa shape index (κ3) is 3.95. The molecule has 0 atom stereocenters. The monoisotopic (exact) mass is 449 g/mol. The van der Waals surface area contributed by atoms with Crippen LogP contribution in [0.25, 0.3) is 11.5 Å². The fraction of sp³-hybridized carbons (Fsp3) is 0.409. The number of hydrogen-bond donors (Lipinski definition) is 4. The lowest BCUT2D eigenvalue weighted by molar-refractivity contribution is -0.159. The zero-order valence-electron chi connectivity index (χ0n) is 18.8. The van der Waals surface area contributed by atoms with E-state index < -0.39 is 0 Å². The summed E-state index contributed by atoms with van der Waals surface area (Å²) in [5.41, 5.74) is 2.56. The molecule has 1 aliphatic heterocycles. The normalized spacial score (nSPS) is 16.6. The highest BCUT2D eigenvalue weighted by molar-refractivity contribution is 5.93. The molecule has 1 saturated heterocycles. The molecule has 1 spiro atoms. The molecule has 2 fully saturated rings. The summed E-state index contributed by atoms with van der Waals surface area (Å²) in [6.07, 6.45) is 5.12. The molecule has 2 aliphatic rings. The summed E-state index contributed by atoms with van der Waals surface area (Å²) in [4.78, 5) is 13.3. The van der Waals surface area contributed by atoms with Gasteiger partial charge in [0.25, 0.3) is 0 Å². The fourth-order valence-electron chi connectivity index (χ4n) is 4.41. The summed E-state index contributed by atoms with van der Waals surface area (Å²) in [6, 6.07) is 5.84. The SMILES string of the molecule is CNc1nc(Nc2cc(-c3nccc(OC)n3)nn2C)cc(NC2CC3(COC3)C2)c1C=N. The third-order valence-corrected chi connectivity index (χ3v) is 6.18. The van der Waals surface area contributed by atoms with Crippen LogP contribution in [0.1, 0.15) is 18.4 Å². The molecule has 1 aliphatic carbocycles. The largest absolute Gasteiger partial charge is 0.481 e. The number of anilines is 4. The Morgan fingerprint density at radius 3 is 2.76 bits per heavy atom. The molecule has 4 heterocycles. The Kier molecular flexibility index (Phi) is 5.33. The molecule has 1 saturated carbocycles. The first-order valence-corrected chi connectivity index (χ1v) is 10.8. The molecule has 3 aromatic rings. The predicted octanol–water partition coefficient (Wildman–Crippen LogP) is 2.65. The van der Waals surface area contributed by atoms with E-state index in [1.165, 1.54) is 6.21 Å². The fourth-order valence-corrected chi connectivity index (χ4v) is 4.41. The Labute approximate surface area is 191 Å². The Hall–Kier alpha value is -3.73. The quantitative estimate of drug-likeness (QED) is 0.383. The molecule has 0 amide bonds. The Morgan fingerprint density at radius 1 is 1.27 bits per heavy atom. The van der Waals surface area contributed by atoms with Crippen LogP contribution < -0.4 is 20.7 Å². The molecule has 0 radical (unpaired) electrons. The number of pyridine rings is 1. The van der Waals surface area contributed by atoms with Gasteiger partial charge >= 0.3 is 0 Å². The van der Waals surface area contributed by atoms with Gasteiger partial charge in [-0.2, -0.15) is 10.1 Å². The maximum atomic E-state index is 7.91. The third-order valence-electron chi connectivity index (χ3n) is 6.18. The van der Waals surface area contributed by atoms with E-state index in [2.05, 4.69) is 36.0 Å². The second kappa shape index (κ2) is 8.32. The van der Waals surface area contributed by atoms with Crippen molar-refractivity contribution in [2.45, 2.75) is 18.9 Å². The van der Waals surface area contributed by atoms with Crippen LogP contribution in [0.2, 0.25) is 0 Å². The number of rotatable bonds is 8. The standard InChI is InChI=1S/C22H27N9O2/c1-24-20-14(10-23)15(26-13-8-22(9-13)11-33-12-22)6-17(28-20)27-18-7-16(30-31(18)2)21-25-5-4-19(29-21)32-3/h4-7,10,13,23H,8-9,11-12H2,1-3H3,(H3,24,26,27,28). The molecular weight excluding hydrogens is 422 g/mol. The molecule has 11 heteroatoms.